The third kappa shape index (κ3) is 2.94. The van der Waals surface area contributed by atoms with E-state index >= 15 is 0 Å². The molecular weight excluding hydrogens is 457 g/mol. The summed E-state index contributed by atoms with van der Waals surface area (Å²) >= 11 is 7.16. The van der Waals surface area contributed by atoms with Gasteiger partial charge in [0.2, 0.25) is 0 Å². The number of carbonyl (C=O) groups excluding carboxylic acids is 1. The average Bonchev–Trinajstić information content (AvgIpc) is 2.86. The van der Waals surface area contributed by atoms with Crippen LogP contribution in [-0.2, 0) is 0 Å². The molecule has 0 bridgehead atoms. The monoisotopic (exact) mass is 465 g/mol. The van der Waals surface area contributed by atoms with E-state index in [1.807, 2.05) is 17.5 Å². The molecule has 4 nitrogen and oxygen atoms in total. The Labute approximate surface area is 141 Å². The Kier molecular flexibility index (Phi) is 4.18. The highest BCUT2D eigenvalue weighted by atomic mass is 127. The molecule has 0 radical (unpaired) electrons. The Morgan fingerprint density at radius 2 is 1.95 bits per heavy atom. The molecule has 3 rings (SSSR count). The van der Waals surface area contributed by atoms with Crippen molar-refractivity contribution >= 4 is 61.5 Å². The average molecular weight is 466 g/mol. The fourth-order valence-electron chi connectivity index (χ4n) is 1.78. The Hall–Kier alpha value is -0.800. The Morgan fingerprint density at radius 3 is 2.60 bits per heavy atom. The maximum absolute atomic E-state index is 12.1. The van der Waals surface area contributed by atoms with E-state index in [1.165, 1.54) is 11.3 Å². The lowest BCUT2D eigenvalue weighted by atomic mass is 10.2. The molecule has 0 unspecified atom stereocenters. The van der Waals surface area contributed by atoms with Crippen molar-refractivity contribution < 1.29 is 14.3 Å². The lowest BCUT2D eigenvalue weighted by molar-refractivity contribution is 0.102. The van der Waals surface area contributed by atoms with Crippen LogP contribution >= 0.6 is 49.9 Å². The summed E-state index contributed by atoms with van der Waals surface area (Å²) in [6.45, 7) is 1.06. The predicted molar refractivity (Wildman–Crippen MR) is 90.1 cm³/mol. The van der Waals surface area contributed by atoms with Crippen molar-refractivity contribution in [1.29, 1.82) is 0 Å². The van der Waals surface area contributed by atoms with Crippen molar-refractivity contribution in [3.63, 3.8) is 0 Å². The maximum atomic E-state index is 12.1. The van der Waals surface area contributed by atoms with Gasteiger partial charge in [-0.05, 0) is 44.6 Å². The molecule has 0 saturated heterocycles. The van der Waals surface area contributed by atoms with E-state index in [0.29, 0.717) is 36.0 Å². The number of amides is 1. The lowest BCUT2D eigenvalue weighted by Gasteiger charge is -2.20. The Bertz CT molecular complexity index is 674. The highest BCUT2D eigenvalue weighted by Gasteiger charge is 2.17. The minimum absolute atomic E-state index is 0.137. The molecule has 1 aromatic carbocycles. The summed E-state index contributed by atoms with van der Waals surface area (Å²) in [5, 5.41) is 4.71. The van der Waals surface area contributed by atoms with Gasteiger partial charge in [-0.1, -0.05) is 0 Å². The van der Waals surface area contributed by atoms with Crippen molar-refractivity contribution in [1.82, 2.24) is 0 Å². The van der Waals surface area contributed by atoms with Gasteiger partial charge in [0.25, 0.3) is 5.91 Å². The maximum Gasteiger partial charge on any atom is 0.256 e. The molecule has 1 aromatic heterocycles. The van der Waals surface area contributed by atoms with Gasteiger partial charge in [-0.25, -0.2) is 0 Å². The molecule has 2 aromatic rings. The number of ether oxygens (including phenoxy) is 2. The zero-order valence-corrected chi connectivity index (χ0v) is 14.7. The fourth-order valence-corrected chi connectivity index (χ4v) is 3.53. The highest BCUT2D eigenvalue weighted by molar-refractivity contribution is 14.1. The second kappa shape index (κ2) is 5.90. The number of fused-ring (bicyclic) bond motifs is 1. The van der Waals surface area contributed by atoms with Gasteiger partial charge in [0.15, 0.2) is 11.5 Å². The summed E-state index contributed by atoms with van der Waals surface area (Å²) in [7, 11) is 0. The first-order chi connectivity index (χ1) is 9.63. The van der Waals surface area contributed by atoms with Gasteiger partial charge in [-0.2, -0.15) is 0 Å². The van der Waals surface area contributed by atoms with E-state index in [1.54, 1.807) is 6.07 Å². The molecule has 1 N–H and O–H groups in total. The molecule has 1 aliphatic rings. The number of benzene rings is 1. The summed E-state index contributed by atoms with van der Waals surface area (Å²) in [6.07, 6.45) is 0. The van der Waals surface area contributed by atoms with Crippen LogP contribution < -0.4 is 14.8 Å². The molecule has 0 saturated carbocycles. The quantitative estimate of drug-likeness (QED) is 0.678. The van der Waals surface area contributed by atoms with Crippen LogP contribution in [0.5, 0.6) is 11.5 Å². The zero-order chi connectivity index (χ0) is 14.1. The van der Waals surface area contributed by atoms with Gasteiger partial charge in [0.1, 0.15) is 13.2 Å². The van der Waals surface area contributed by atoms with Crippen LogP contribution in [0.1, 0.15) is 10.4 Å². The Balaban J connectivity index is 1.85. The molecule has 104 valence electrons. The number of nitrogens with one attached hydrogen (secondary N) is 1. The summed E-state index contributed by atoms with van der Waals surface area (Å²) in [6, 6.07) is 5.43. The zero-order valence-electron chi connectivity index (χ0n) is 10.1. The standard InChI is InChI=1S/C13H9BrINO3S/c14-8-4-10-11(19-2-1-18-10)5-9(8)16-13(17)7-3-12(15)20-6-7/h3-6H,1-2H2,(H,16,17). The number of rotatable bonds is 2. The number of carbonyl (C=O) groups is 1. The van der Waals surface area contributed by atoms with Crippen LogP contribution in [0, 0.1) is 2.88 Å². The first-order valence-corrected chi connectivity index (χ1v) is 8.53. The smallest absolute Gasteiger partial charge is 0.256 e. The molecule has 0 fully saturated rings. The second-order valence-electron chi connectivity index (χ2n) is 4.07. The summed E-state index contributed by atoms with van der Waals surface area (Å²) in [5.74, 6) is 1.20. The molecule has 7 heteroatoms. The first kappa shape index (κ1) is 14.2. The van der Waals surface area contributed by atoms with Crippen LogP contribution in [0.3, 0.4) is 0 Å². The molecule has 0 spiro atoms. The third-order valence-electron chi connectivity index (χ3n) is 2.71. The summed E-state index contributed by atoms with van der Waals surface area (Å²) in [5.41, 5.74) is 1.32. The second-order valence-corrected chi connectivity index (χ2v) is 7.73. The van der Waals surface area contributed by atoms with E-state index in [2.05, 4.69) is 43.8 Å². The molecule has 0 aliphatic carbocycles. The van der Waals surface area contributed by atoms with Gasteiger partial charge in [-0.3, -0.25) is 4.79 Å². The number of hydrogen-bond donors (Lipinski definition) is 1. The van der Waals surface area contributed by atoms with Crippen molar-refractivity contribution in [2.45, 2.75) is 0 Å². The largest absolute Gasteiger partial charge is 0.486 e. The van der Waals surface area contributed by atoms with Crippen molar-refractivity contribution in [3.8, 4) is 11.5 Å². The molecule has 20 heavy (non-hydrogen) atoms. The van der Waals surface area contributed by atoms with Gasteiger partial charge in [0.05, 0.1) is 14.1 Å². The summed E-state index contributed by atoms with van der Waals surface area (Å²) in [4.78, 5) is 12.1. The normalized spacial score (nSPS) is 13.1. The first-order valence-electron chi connectivity index (χ1n) is 5.78. The highest BCUT2D eigenvalue weighted by Crippen LogP contribution is 2.38. The van der Waals surface area contributed by atoms with Crippen molar-refractivity contribution in [2.24, 2.45) is 0 Å². The van der Waals surface area contributed by atoms with E-state index in [0.717, 1.165) is 7.36 Å². The third-order valence-corrected chi connectivity index (χ3v) is 5.15. The minimum Gasteiger partial charge on any atom is -0.486 e. The van der Waals surface area contributed by atoms with E-state index < -0.39 is 0 Å². The molecule has 1 amide bonds. The van der Waals surface area contributed by atoms with Crippen LogP contribution in [0.2, 0.25) is 0 Å². The number of hydrogen-bond acceptors (Lipinski definition) is 4. The van der Waals surface area contributed by atoms with E-state index in [9.17, 15) is 4.79 Å². The van der Waals surface area contributed by atoms with Crippen LogP contribution in [0.25, 0.3) is 0 Å². The predicted octanol–water partition coefficient (Wildman–Crippen LogP) is 4.14. The Morgan fingerprint density at radius 1 is 1.25 bits per heavy atom. The fraction of sp³-hybridized carbons (Fsp3) is 0.154. The molecule has 2 heterocycles. The van der Waals surface area contributed by atoms with Gasteiger partial charge < -0.3 is 14.8 Å². The molecular formula is C13H9BrINO3S. The number of thiophene rings is 1. The summed E-state index contributed by atoms with van der Waals surface area (Å²) < 4.78 is 12.8. The van der Waals surface area contributed by atoms with E-state index in [-0.39, 0.29) is 5.91 Å². The lowest BCUT2D eigenvalue weighted by Crippen LogP contribution is -2.16. The van der Waals surface area contributed by atoms with Gasteiger partial charge in [0, 0.05) is 22.0 Å². The SMILES string of the molecule is O=C(Nc1cc2c(cc1Br)OCCO2)c1csc(I)c1. The van der Waals surface area contributed by atoms with Crippen molar-refractivity contribution in [3.05, 3.63) is 36.5 Å². The number of anilines is 1. The number of halogens is 2. The van der Waals surface area contributed by atoms with Crippen LogP contribution in [-0.4, -0.2) is 19.1 Å². The van der Waals surface area contributed by atoms with Crippen LogP contribution in [0.4, 0.5) is 5.69 Å². The minimum atomic E-state index is -0.137. The van der Waals surface area contributed by atoms with Crippen molar-refractivity contribution in [2.75, 3.05) is 18.5 Å². The van der Waals surface area contributed by atoms with Gasteiger partial charge >= 0.3 is 0 Å². The van der Waals surface area contributed by atoms with E-state index in [4.69, 9.17) is 9.47 Å². The van der Waals surface area contributed by atoms with Gasteiger partial charge in [-0.15, -0.1) is 11.3 Å². The topological polar surface area (TPSA) is 47.6 Å². The van der Waals surface area contributed by atoms with Crippen LogP contribution in [0.15, 0.2) is 28.1 Å². The molecule has 1 aliphatic heterocycles. The molecule has 0 atom stereocenters.